The molecule has 6 nitrogen and oxygen atoms in total. The van der Waals surface area contributed by atoms with Crippen molar-refractivity contribution in [3.63, 3.8) is 0 Å². The standard InChI is InChI=1S/C8H16N2O4S/c1-9-8(14)10-7(13)2-3-15-5-6(12)4-11/h6,11-12H,2-5H2,1H3,(H2,9,10,13,14). The van der Waals surface area contributed by atoms with E-state index in [2.05, 4.69) is 10.6 Å². The molecule has 0 radical (unpaired) electrons. The fourth-order valence-corrected chi connectivity index (χ4v) is 1.56. The predicted octanol–water partition coefficient (Wildman–Crippen LogP) is -1.08. The molecular weight excluding hydrogens is 220 g/mol. The molecule has 0 rings (SSSR count). The summed E-state index contributed by atoms with van der Waals surface area (Å²) in [5.41, 5.74) is 0. The number of amides is 3. The first-order chi connectivity index (χ1) is 7.10. The molecule has 0 spiro atoms. The maximum absolute atomic E-state index is 11.0. The summed E-state index contributed by atoms with van der Waals surface area (Å²) in [4.78, 5) is 21.7. The van der Waals surface area contributed by atoms with Crippen molar-refractivity contribution in [1.29, 1.82) is 0 Å². The lowest BCUT2D eigenvalue weighted by Gasteiger charge is -2.06. The Morgan fingerprint density at radius 3 is 2.67 bits per heavy atom. The first kappa shape index (κ1) is 14.2. The van der Waals surface area contributed by atoms with E-state index in [4.69, 9.17) is 10.2 Å². The first-order valence-corrected chi connectivity index (χ1v) is 5.63. The molecule has 0 heterocycles. The maximum Gasteiger partial charge on any atom is 0.321 e. The number of carbonyl (C=O) groups excluding carboxylic acids is 2. The van der Waals surface area contributed by atoms with Gasteiger partial charge in [0, 0.05) is 25.0 Å². The van der Waals surface area contributed by atoms with Gasteiger partial charge >= 0.3 is 6.03 Å². The quantitative estimate of drug-likeness (QED) is 0.440. The van der Waals surface area contributed by atoms with Gasteiger partial charge in [0.2, 0.25) is 5.91 Å². The molecule has 7 heteroatoms. The summed E-state index contributed by atoms with van der Waals surface area (Å²) in [7, 11) is 1.43. The Morgan fingerprint density at radius 1 is 1.47 bits per heavy atom. The van der Waals surface area contributed by atoms with E-state index in [0.717, 1.165) is 0 Å². The number of hydrogen-bond acceptors (Lipinski definition) is 5. The highest BCUT2D eigenvalue weighted by Gasteiger charge is 2.06. The summed E-state index contributed by atoms with van der Waals surface area (Å²) < 4.78 is 0. The summed E-state index contributed by atoms with van der Waals surface area (Å²) >= 11 is 1.35. The van der Waals surface area contributed by atoms with Gasteiger partial charge in [-0.1, -0.05) is 0 Å². The lowest BCUT2D eigenvalue weighted by Crippen LogP contribution is -2.37. The lowest BCUT2D eigenvalue weighted by molar-refractivity contribution is -0.119. The minimum atomic E-state index is -0.753. The van der Waals surface area contributed by atoms with Gasteiger partial charge in [-0.2, -0.15) is 11.8 Å². The highest BCUT2D eigenvalue weighted by molar-refractivity contribution is 7.99. The molecule has 0 aromatic rings. The van der Waals surface area contributed by atoms with Crippen molar-refractivity contribution in [3.8, 4) is 0 Å². The SMILES string of the molecule is CNC(=O)NC(=O)CCSCC(O)CO. The van der Waals surface area contributed by atoms with Crippen LogP contribution >= 0.6 is 11.8 Å². The van der Waals surface area contributed by atoms with Gasteiger partial charge in [-0.15, -0.1) is 0 Å². The van der Waals surface area contributed by atoms with E-state index in [1.54, 1.807) is 0 Å². The van der Waals surface area contributed by atoms with Crippen molar-refractivity contribution < 1.29 is 19.8 Å². The van der Waals surface area contributed by atoms with E-state index in [9.17, 15) is 9.59 Å². The zero-order chi connectivity index (χ0) is 11.7. The van der Waals surface area contributed by atoms with E-state index >= 15 is 0 Å². The van der Waals surface area contributed by atoms with Crippen LogP contribution in [0.2, 0.25) is 0 Å². The molecular formula is C8H16N2O4S. The number of urea groups is 1. The van der Waals surface area contributed by atoms with E-state index in [1.807, 2.05) is 0 Å². The fraction of sp³-hybridized carbons (Fsp3) is 0.750. The van der Waals surface area contributed by atoms with Crippen LogP contribution in [0.15, 0.2) is 0 Å². The zero-order valence-electron chi connectivity index (χ0n) is 8.52. The number of nitrogens with one attached hydrogen (secondary N) is 2. The van der Waals surface area contributed by atoms with Crippen LogP contribution in [0.25, 0.3) is 0 Å². The van der Waals surface area contributed by atoms with Gasteiger partial charge in [0.15, 0.2) is 0 Å². The third-order valence-electron chi connectivity index (χ3n) is 1.47. The van der Waals surface area contributed by atoms with E-state index in [-0.39, 0.29) is 18.9 Å². The average molecular weight is 236 g/mol. The Morgan fingerprint density at radius 2 is 2.13 bits per heavy atom. The number of thioether (sulfide) groups is 1. The normalized spacial score (nSPS) is 11.9. The predicted molar refractivity (Wildman–Crippen MR) is 57.6 cm³/mol. The highest BCUT2D eigenvalue weighted by Crippen LogP contribution is 2.04. The molecule has 0 bridgehead atoms. The Labute approximate surface area is 92.4 Å². The Balaban J connectivity index is 3.43. The molecule has 0 aromatic heterocycles. The van der Waals surface area contributed by atoms with Crippen LogP contribution in [0, 0.1) is 0 Å². The third-order valence-corrected chi connectivity index (χ3v) is 2.59. The summed E-state index contributed by atoms with van der Waals surface area (Å²) in [5, 5.41) is 21.9. The second-order valence-electron chi connectivity index (χ2n) is 2.79. The average Bonchev–Trinajstić information content (AvgIpc) is 2.23. The van der Waals surface area contributed by atoms with E-state index in [1.165, 1.54) is 18.8 Å². The molecule has 88 valence electrons. The fourth-order valence-electron chi connectivity index (χ4n) is 0.689. The van der Waals surface area contributed by atoms with Gasteiger partial charge in [0.1, 0.15) is 0 Å². The number of aliphatic hydroxyl groups is 2. The Bertz CT molecular complexity index is 213. The largest absolute Gasteiger partial charge is 0.394 e. The van der Waals surface area contributed by atoms with Crippen molar-refractivity contribution in [2.45, 2.75) is 12.5 Å². The van der Waals surface area contributed by atoms with Crippen molar-refractivity contribution in [2.24, 2.45) is 0 Å². The summed E-state index contributed by atoms with van der Waals surface area (Å²) in [6.07, 6.45) is -0.548. The molecule has 0 aliphatic carbocycles. The highest BCUT2D eigenvalue weighted by atomic mass is 32.2. The second kappa shape index (κ2) is 8.51. The Hall–Kier alpha value is -0.790. The molecule has 0 saturated heterocycles. The molecule has 3 amide bonds. The van der Waals surface area contributed by atoms with Crippen LogP contribution in [-0.2, 0) is 4.79 Å². The van der Waals surface area contributed by atoms with Crippen LogP contribution in [0.1, 0.15) is 6.42 Å². The summed E-state index contributed by atoms with van der Waals surface area (Å²) in [5.74, 6) is 0.518. The molecule has 0 aliphatic rings. The van der Waals surface area contributed by atoms with Crippen molar-refractivity contribution in [2.75, 3.05) is 25.2 Å². The van der Waals surface area contributed by atoms with Crippen molar-refractivity contribution in [1.82, 2.24) is 10.6 Å². The van der Waals surface area contributed by atoms with Gasteiger partial charge in [0.25, 0.3) is 0 Å². The van der Waals surface area contributed by atoms with Gasteiger partial charge in [-0.25, -0.2) is 4.79 Å². The van der Waals surface area contributed by atoms with E-state index < -0.39 is 12.1 Å². The maximum atomic E-state index is 11.0. The van der Waals surface area contributed by atoms with Crippen molar-refractivity contribution in [3.05, 3.63) is 0 Å². The Kier molecular flexibility index (Phi) is 8.06. The zero-order valence-corrected chi connectivity index (χ0v) is 9.34. The number of aliphatic hydroxyl groups excluding tert-OH is 2. The monoisotopic (exact) mass is 236 g/mol. The second-order valence-corrected chi connectivity index (χ2v) is 3.94. The van der Waals surface area contributed by atoms with Gasteiger partial charge in [-0.05, 0) is 0 Å². The molecule has 0 saturated carbocycles. The number of imide groups is 1. The topological polar surface area (TPSA) is 98.7 Å². The summed E-state index contributed by atoms with van der Waals surface area (Å²) in [6.45, 7) is -0.280. The summed E-state index contributed by atoms with van der Waals surface area (Å²) in [6, 6.07) is -0.527. The number of carbonyl (C=O) groups is 2. The van der Waals surface area contributed by atoms with Gasteiger partial charge < -0.3 is 15.5 Å². The molecule has 15 heavy (non-hydrogen) atoms. The molecule has 4 N–H and O–H groups in total. The number of rotatable bonds is 6. The molecule has 1 unspecified atom stereocenters. The van der Waals surface area contributed by atoms with Gasteiger partial charge in [0.05, 0.1) is 12.7 Å². The van der Waals surface area contributed by atoms with Crippen molar-refractivity contribution >= 4 is 23.7 Å². The molecule has 1 atom stereocenters. The molecule has 0 fully saturated rings. The minimum Gasteiger partial charge on any atom is -0.394 e. The van der Waals surface area contributed by atoms with Crippen LogP contribution in [0.3, 0.4) is 0 Å². The first-order valence-electron chi connectivity index (χ1n) is 4.48. The molecule has 0 aromatic carbocycles. The van der Waals surface area contributed by atoms with Crippen LogP contribution in [0.5, 0.6) is 0 Å². The lowest BCUT2D eigenvalue weighted by atomic mass is 10.4. The van der Waals surface area contributed by atoms with E-state index in [0.29, 0.717) is 11.5 Å². The molecule has 0 aliphatic heterocycles. The van der Waals surface area contributed by atoms with Crippen LogP contribution in [0.4, 0.5) is 4.79 Å². The number of hydrogen-bond donors (Lipinski definition) is 4. The third kappa shape index (κ3) is 8.22. The van der Waals surface area contributed by atoms with Gasteiger partial charge in [-0.3, -0.25) is 10.1 Å². The van der Waals surface area contributed by atoms with Crippen LogP contribution in [-0.4, -0.2) is 53.4 Å². The van der Waals surface area contributed by atoms with Crippen LogP contribution < -0.4 is 10.6 Å². The smallest absolute Gasteiger partial charge is 0.321 e. The minimum absolute atomic E-state index is 0.205.